The van der Waals surface area contributed by atoms with Gasteiger partial charge in [0, 0.05) is 22.4 Å². The van der Waals surface area contributed by atoms with Gasteiger partial charge in [-0.3, -0.25) is 16.1 Å². The number of carbonyl (C=O) groups is 1. The zero-order chi connectivity index (χ0) is 18.9. The van der Waals surface area contributed by atoms with Crippen molar-refractivity contribution in [2.75, 3.05) is 12.4 Å². The zero-order valence-electron chi connectivity index (χ0n) is 14.9. The van der Waals surface area contributed by atoms with E-state index in [1.165, 1.54) is 33.1 Å². The fraction of sp³-hybridized carbons (Fsp3) is 0.333. The number of aryl methyl sites for hydroxylation is 1. The van der Waals surface area contributed by atoms with E-state index in [-0.39, 0.29) is 0 Å². The van der Waals surface area contributed by atoms with Crippen LogP contribution in [0.2, 0.25) is 0 Å². The highest BCUT2D eigenvalue weighted by Gasteiger charge is 2.27. The third-order valence-corrected chi connectivity index (χ3v) is 4.67. The Morgan fingerprint density at radius 3 is 2.69 bits per heavy atom. The van der Waals surface area contributed by atoms with E-state index in [0.717, 1.165) is 11.6 Å². The third kappa shape index (κ3) is 5.82. The molecule has 3 rings (SSSR count). The lowest BCUT2D eigenvalue weighted by Gasteiger charge is -2.15. The number of benzene rings is 1. The lowest BCUT2D eigenvalue weighted by molar-refractivity contribution is -0.110. The molecule has 26 heavy (non-hydrogen) atoms. The van der Waals surface area contributed by atoms with Crippen molar-refractivity contribution in [3.63, 3.8) is 0 Å². The Morgan fingerprint density at radius 1 is 1.38 bits per heavy atom. The maximum absolute atomic E-state index is 9.15. The van der Waals surface area contributed by atoms with E-state index in [1.54, 1.807) is 0 Å². The molecule has 1 amide bonds. The Hall–Kier alpha value is -1.91. The minimum Gasteiger partial charge on any atom is -0.488 e. The number of halogens is 1. The monoisotopic (exact) mass is 469 g/mol. The first kappa shape index (κ1) is 20.4. The third-order valence-electron chi connectivity index (χ3n) is 4.00. The summed E-state index contributed by atoms with van der Waals surface area (Å²) in [5.41, 5.74) is 7.61. The molecule has 7 nitrogen and oxygen atoms in total. The van der Waals surface area contributed by atoms with Crippen LogP contribution in [0.5, 0.6) is 5.75 Å². The second kappa shape index (κ2) is 10.3. The van der Waals surface area contributed by atoms with Crippen LogP contribution in [0.1, 0.15) is 35.4 Å². The van der Waals surface area contributed by atoms with Crippen LogP contribution in [0.4, 0.5) is 5.82 Å². The molecule has 5 N–H and O–H groups in total. The number of hydrazine groups is 2. The van der Waals surface area contributed by atoms with Crippen LogP contribution in [-0.4, -0.2) is 18.4 Å². The number of anilines is 1. The average molecular weight is 469 g/mol. The van der Waals surface area contributed by atoms with Gasteiger partial charge in [-0.2, -0.15) is 5.53 Å². The molecular weight excluding hydrogens is 445 g/mol. The summed E-state index contributed by atoms with van der Waals surface area (Å²) in [4.78, 5) is 13.6. The molecule has 1 saturated carbocycles. The quantitative estimate of drug-likeness (QED) is 0.215. The highest BCUT2D eigenvalue weighted by Crippen LogP contribution is 2.43. The molecular formula is C18H24IN5O2. The molecule has 1 aromatic heterocycles. The van der Waals surface area contributed by atoms with Crippen LogP contribution in [0.25, 0.3) is 0 Å². The Bertz CT molecular complexity index is 738. The second-order valence-electron chi connectivity index (χ2n) is 5.86. The number of carbonyl (C=O) groups excluding carboxylic acids is 1. The van der Waals surface area contributed by atoms with Gasteiger partial charge in [0.15, 0.2) is 0 Å². The van der Waals surface area contributed by atoms with Crippen LogP contribution in [0.3, 0.4) is 0 Å². The van der Waals surface area contributed by atoms with Crippen molar-refractivity contribution in [2.45, 2.75) is 32.3 Å². The van der Waals surface area contributed by atoms with Gasteiger partial charge in [-0.05, 0) is 83.7 Å². The standard InChI is InChI=1S/C17H19IN2O.CH5N3O/c1-11-9-13(18)5-6-16(11)21-10-15-14(12-3-4-12)7-8-20-17(15)19-2;2-4-3-1-5/h5-9,12H,3-4,10H2,1-2H3,(H,19,20);1,4H,2H2,(H,3,5). The topological polar surface area (TPSA) is 101 Å². The van der Waals surface area contributed by atoms with Crippen molar-refractivity contribution in [1.29, 1.82) is 0 Å². The van der Waals surface area contributed by atoms with Crippen molar-refractivity contribution < 1.29 is 9.53 Å². The fourth-order valence-corrected chi connectivity index (χ4v) is 3.26. The van der Waals surface area contributed by atoms with Gasteiger partial charge in [0.2, 0.25) is 6.41 Å². The van der Waals surface area contributed by atoms with Crippen LogP contribution in [0, 0.1) is 10.5 Å². The predicted molar refractivity (Wildman–Crippen MR) is 111 cm³/mol. The molecule has 0 bridgehead atoms. The van der Waals surface area contributed by atoms with E-state index >= 15 is 0 Å². The number of amides is 1. The van der Waals surface area contributed by atoms with E-state index in [9.17, 15) is 0 Å². The molecule has 0 spiro atoms. The van der Waals surface area contributed by atoms with Crippen molar-refractivity contribution in [2.24, 2.45) is 5.84 Å². The summed E-state index contributed by atoms with van der Waals surface area (Å²) in [5.74, 6) is 7.12. The van der Waals surface area contributed by atoms with Crippen molar-refractivity contribution in [1.82, 2.24) is 15.9 Å². The van der Waals surface area contributed by atoms with Gasteiger partial charge in [-0.15, -0.1) is 0 Å². The molecule has 0 aliphatic heterocycles. The summed E-state index contributed by atoms with van der Waals surface area (Å²) in [6.07, 6.45) is 4.89. The van der Waals surface area contributed by atoms with Crippen molar-refractivity contribution in [3.8, 4) is 5.75 Å². The summed E-state index contributed by atoms with van der Waals surface area (Å²) in [5, 5.41) is 3.19. The molecule has 1 fully saturated rings. The number of hydrogen-bond acceptors (Lipinski definition) is 6. The summed E-state index contributed by atoms with van der Waals surface area (Å²) < 4.78 is 7.29. The molecule has 0 radical (unpaired) electrons. The van der Waals surface area contributed by atoms with E-state index in [1.807, 2.05) is 30.3 Å². The molecule has 0 atom stereocenters. The number of rotatable bonds is 7. The molecule has 1 aliphatic rings. The second-order valence-corrected chi connectivity index (χ2v) is 7.10. The fourth-order valence-electron chi connectivity index (χ4n) is 2.61. The lowest BCUT2D eigenvalue weighted by atomic mass is 10.1. The highest BCUT2D eigenvalue weighted by molar-refractivity contribution is 14.1. The van der Waals surface area contributed by atoms with Crippen molar-refractivity contribution in [3.05, 3.63) is 50.7 Å². The Kier molecular flexibility index (Phi) is 8.07. The first-order chi connectivity index (χ1) is 12.6. The van der Waals surface area contributed by atoms with Gasteiger partial charge in [-0.1, -0.05) is 0 Å². The normalized spacial score (nSPS) is 12.6. The Labute approximate surface area is 167 Å². The van der Waals surface area contributed by atoms with Gasteiger partial charge in [0.1, 0.15) is 18.2 Å². The van der Waals surface area contributed by atoms with Gasteiger partial charge in [0.25, 0.3) is 0 Å². The first-order valence-electron chi connectivity index (χ1n) is 8.30. The molecule has 0 saturated heterocycles. The molecule has 8 heteroatoms. The number of pyridine rings is 1. The van der Waals surface area contributed by atoms with Crippen LogP contribution >= 0.6 is 22.6 Å². The highest BCUT2D eigenvalue weighted by atomic mass is 127. The number of hydrogen-bond donors (Lipinski definition) is 4. The minimum atomic E-state index is 0.444. The van der Waals surface area contributed by atoms with E-state index < -0.39 is 0 Å². The van der Waals surface area contributed by atoms with Gasteiger partial charge < -0.3 is 10.1 Å². The summed E-state index contributed by atoms with van der Waals surface area (Å²) in [6.45, 7) is 2.65. The van der Waals surface area contributed by atoms with E-state index in [0.29, 0.717) is 18.9 Å². The molecule has 1 aromatic carbocycles. The van der Waals surface area contributed by atoms with Crippen LogP contribution < -0.4 is 26.9 Å². The number of ether oxygens (including phenoxy) is 1. The van der Waals surface area contributed by atoms with E-state index in [4.69, 9.17) is 9.53 Å². The van der Waals surface area contributed by atoms with E-state index in [2.05, 4.69) is 63.9 Å². The Morgan fingerprint density at radius 2 is 2.15 bits per heavy atom. The summed E-state index contributed by atoms with van der Waals surface area (Å²) >= 11 is 2.32. The SMILES string of the molecule is CNc1nccc(C2CC2)c1COc1ccc(I)cc1C.NNNC=O. The number of nitrogens with two attached hydrogens (primary N) is 1. The minimum absolute atomic E-state index is 0.444. The number of nitrogens with one attached hydrogen (secondary N) is 3. The average Bonchev–Trinajstić information content (AvgIpc) is 3.47. The predicted octanol–water partition coefficient (Wildman–Crippen LogP) is 2.60. The van der Waals surface area contributed by atoms with Crippen molar-refractivity contribution >= 4 is 34.8 Å². The smallest absolute Gasteiger partial charge is 0.222 e. The number of nitrogens with zero attached hydrogens (tertiary/aromatic N) is 1. The molecule has 1 heterocycles. The molecule has 140 valence electrons. The van der Waals surface area contributed by atoms with Crippen LogP contribution in [-0.2, 0) is 11.4 Å². The van der Waals surface area contributed by atoms with Gasteiger partial charge in [0.05, 0.1) is 0 Å². The number of aromatic nitrogens is 1. The van der Waals surface area contributed by atoms with Gasteiger partial charge in [-0.25, -0.2) is 4.98 Å². The summed E-state index contributed by atoms with van der Waals surface area (Å²) in [7, 11) is 1.92. The lowest BCUT2D eigenvalue weighted by Crippen LogP contribution is -2.36. The van der Waals surface area contributed by atoms with Crippen LogP contribution in [0.15, 0.2) is 30.5 Å². The molecule has 0 unspecified atom stereocenters. The molecule has 1 aliphatic carbocycles. The van der Waals surface area contributed by atoms with Gasteiger partial charge >= 0.3 is 0 Å². The largest absolute Gasteiger partial charge is 0.488 e. The molecule has 2 aromatic rings. The zero-order valence-corrected chi connectivity index (χ0v) is 17.0. The summed E-state index contributed by atoms with van der Waals surface area (Å²) in [6, 6.07) is 8.40. The maximum Gasteiger partial charge on any atom is 0.222 e. The first-order valence-corrected chi connectivity index (χ1v) is 9.37. The maximum atomic E-state index is 9.15. The Balaban J connectivity index is 0.000000431.